The van der Waals surface area contributed by atoms with Crippen LogP contribution in [0.15, 0.2) is 30.3 Å². The number of benzene rings is 1. The van der Waals surface area contributed by atoms with Gasteiger partial charge in [-0.3, -0.25) is 4.48 Å². The van der Waals surface area contributed by atoms with E-state index in [1.54, 1.807) is 0 Å². The summed E-state index contributed by atoms with van der Waals surface area (Å²) in [5, 5.41) is 10.2. The second-order valence-corrected chi connectivity index (χ2v) is 4.39. The van der Waals surface area contributed by atoms with E-state index in [9.17, 15) is 5.11 Å². The first kappa shape index (κ1) is 14.6. The topological polar surface area (TPSA) is 20.2 Å². The van der Waals surface area contributed by atoms with Crippen LogP contribution < -0.4 is 4.48 Å². The normalized spacial score (nSPS) is 29.5. The van der Waals surface area contributed by atoms with Gasteiger partial charge in [0, 0.05) is 50.5 Å². The summed E-state index contributed by atoms with van der Waals surface area (Å²) in [5.41, 5.74) is 1.26. The van der Waals surface area contributed by atoms with Crippen LogP contribution in [-0.4, -0.2) is 24.4 Å². The van der Waals surface area contributed by atoms with E-state index < -0.39 is 0 Å². The zero-order chi connectivity index (χ0) is 10.7. The van der Waals surface area contributed by atoms with Gasteiger partial charge in [-0.05, 0) is 31.9 Å². The molecule has 0 saturated carbocycles. The summed E-state index contributed by atoms with van der Waals surface area (Å²) in [7, 11) is 0. The molecular formula is C13H20AcNO+. The number of para-hydroxylation sites is 1. The molecule has 1 aliphatic heterocycles. The summed E-state index contributed by atoms with van der Waals surface area (Å²) in [5.74, 6) is 0. The van der Waals surface area contributed by atoms with Crippen molar-refractivity contribution in [2.45, 2.75) is 32.4 Å². The standard InChI is InChI=1S/C13H20NO.Ac/c1-2-14(11-7-6-10-13(14)15)12-8-4-3-5-9-12;/h3-5,8-9,13,15H,2,6-7,10-11H2,1H3;/q+1;. The van der Waals surface area contributed by atoms with Crippen LogP contribution in [0.1, 0.15) is 26.2 Å². The molecule has 1 fully saturated rings. The first-order chi connectivity index (χ1) is 7.29. The van der Waals surface area contributed by atoms with Gasteiger partial charge >= 0.3 is 0 Å². The van der Waals surface area contributed by atoms with Crippen molar-refractivity contribution in [3.63, 3.8) is 0 Å². The molecule has 0 spiro atoms. The van der Waals surface area contributed by atoms with E-state index in [2.05, 4.69) is 31.2 Å². The molecule has 2 unspecified atom stereocenters. The van der Waals surface area contributed by atoms with Crippen molar-refractivity contribution in [1.29, 1.82) is 0 Å². The maximum Gasteiger partial charge on any atom is 0.195 e. The summed E-state index contributed by atoms with van der Waals surface area (Å²) >= 11 is 0. The Bertz CT molecular complexity index is 317. The van der Waals surface area contributed by atoms with Gasteiger partial charge in [-0.25, -0.2) is 0 Å². The Morgan fingerprint density at radius 1 is 1.25 bits per heavy atom. The third-order valence-electron chi connectivity index (χ3n) is 3.67. The zero-order valence-corrected chi connectivity index (χ0v) is 14.7. The van der Waals surface area contributed by atoms with E-state index in [0.717, 1.165) is 30.4 Å². The quantitative estimate of drug-likeness (QED) is 0.711. The van der Waals surface area contributed by atoms with Crippen molar-refractivity contribution in [2.75, 3.05) is 13.1 Å². The Hall–Kier alpha value is 0.582. The average molecular weight is 433 g/mol. The van der Waals surface area contributed by atoms with E-state index >= 15 is 0 Å². The number of rotatable bonds is 2. The van der Waals surface area contributed by atoms with Crippen LogP contribution in [0.2, 0.25) is 0 Å². The van der Waals surface area contributed by atoms with Gasteiger partial charge < -0.3 is 5.11 Å². The number of quaternary nitrogens is 1. The number of nitrogens with zero attached hydrogens (tertiary/aromatic N) is 1. The first-order valence-electron chi connectivity index (χ1n) is 5.90. The third-order valence-corrected chi connectivity index (χ3v) is 3.67. The van der Waals surface area contributed by atoms with Crippen LogP contribution in [0.4, 0.5) is 5.69 Å². The number of likely N-dealkylation sites (tertiary alicyclic amines) is 1. The molecule has 1 heterocycles. The minimum Gasteiger partial charge on any atom is -0.344 e. The molecule has 1 saturated heterocycles. The molecule has 2 rings (SSSR count). The van der Waals surface area contributed by atoms with Crippen molar-refractivity contribution in [1.82, 2.24) is 4.48 Å². The maximum atomic E-state index is 10.2. The monoisotopic (exact) mass is 433 g/mol. The Kier molecular flexibility index (Phi) is 5.95. The molecule has 2 atom stereocenters. The molecule has 16 heavy (non-hydrogen) atoms. The molecule has 1 N–H and O–H groups in total. The van der Waals surface area contributed by atoms with Gasteiger partial charge in [-0.2, -0.15) is 0 Å². The largest absolute Gasteiger partial charge is 0.344 e. The molecule has 0 aromatic heterocycles. The minimum absolute atomic E-state index is 0. The Morgan fingerprint density at radius 2 is 1.94 bits per heavy atom. The minimum atomic E-state index is -0.217. The van der Waals surface area contributed by atoms with Crippen molar-refractivity contribution in [3.8, 4) is 0 Å². The van der Waals surface area contributed by atoms with Gasteiger partial charge in [-0.1, -0.05) is 18.2 Å². The number of hydrogen-bond donors (Lipinski definition) is 1. The number of hydrogen-bond acceptors (Lipinski definition) is 1. The molecule has 1 aromatic rings. The van der Waals surface area contributed by atoms with Gasteiger partial charge in [0.05, 0.1) is 13.1 Å². The maximum absolute atomic E-state index is 10.2. The van der Waals surface area contributed by atoms with Gasteiger partial charge in [0.25, 0.3) is 0 Å². The third kappa shape index (κ3) is 2.70. The van der Waals surface area contributed by atoms with E-state index in [4.69, 9.17) is 0 Å². The Balaban J connectivity index is 0.00000128. The fourth-order valence-electron chi connectivity index (χ4n) is 2.69. The fraction of sp³-hybridized carbons (Fsp3) is 0.538. The molecule has 3 heteroatoms. The molecule has 85 valence electrons. The van der Waals surface area contributed by atoms with Gasteiger partial charge in [0.15, 0.2) is 6.23 Å². The molecule has 0 bridgehead atoms. The van der Waals surface area contributed by atoms with E-state index in [-0.39, 0.29) is 50.3 Å². The van der Waals surface area contributed by atoms with Crippen LogP contribution in [-0.2, 0) is 0 Å². The van der Waals surface area contributed by atoms with E-state index in [0.29, 0.717) is 0 Å². The summed E-state index contributed by atoms with van der Waals surface area (Å²) in [6.45, 7) is 4.22. The number of piperidine rings is 1. The number of aliphatic hydroxyl groups excluding tert-OH is 1. The van der Waals surface area contributed by atoms with Crippen molar-refractivity contribution in [3.05, 3.63) is 30.3 Å². The molecule has 1 aromatic carbocycles. The van der Waals surface area contributed by atoms with Crippen molar-refractivity contribution >= 4 is 5.69 Å². The molecular weight excluding hydrogens is 413 g/mol. The van der Waals surface area contributed by atoms with Crippen LogP contribution >= 0.6 is 0 Å². The summed E-state index contributed by atoms with van der Waals surface area (Å²) in [4.78, 5) is 0. The summed E-state index contributed by atoms with van der Waals surface area (Å²) in [6, 6.07) is 10.4. The van der Waals surface area contributed by atoms with Crippen molar-refractivity contribution < 1.29 is 49.2 Å². The van der Waals surface area contributed by atoms with E-state index in [1.807, 2.05) is 6.07 Å². The van der Waals surface area contributed by atoms with Crippen LogP contribution in [0.5, 0.6) is 0 Å². The SMILES string of the molecule is CC[N+]1(c2ccccc2)CCCCC1O.[Ac]. The summed E-state index contributed by atoms with van der Waals surface area (Å²) in [6.07, 6.45) is 3.10. The van der Waals surface area contributed by atoms with Crippen LogP contribution in [0.3, 0.4) is 0 Å². The predicted octanol–water partition coefficient (Wildman–Crippen LogP) is 2.52. The Labute approximate surface area is 134 Å². The summed E-state index contributed by atoms with van der Waals surface area (Å²) < 4.78 is 0.751. The van der Waals surface area contributed by atoms with Gasteiger partial charge in [-0.15, -0.1) is 0 Å². The molecule has 0 amide bonds. The average Bonchev–Trinajstić information content (AvgIpc) is 2.31. The Morgan fingerprint density at radius 3 is 2.50 bits per heavy atom. The second kappa shape index (κ2) is 6.50. The smallest absolute Gasteiger partial charge is 0.195 e. The predicted molar refractivity (Wildman–Crippen MR) is 63.5 cm³/mol. The van der Waals surface area contributed by atoms with Crippen molar-refractivity contribution in [2.24, 2.45) is 0 Å². The van der Waals surface area contributed by atoms with Crippen LogP contribution in [0.25, 0.3) is 0 Å². The molecule has 0 aliphatic carbocycles. The van der Waals surface area contributed by atoms with E-state index in [1.165, 1.54) is 12.1 Å². The molecule has 2 nitrogen and oxygen atoms in total. The fourth-order valence-corrected chi connectivity index (χ4v) is 2.69. The second-order valence-electron chi connectivity index (χ2n) is 4.39. The van der Waals surface area contributed by atoms with Gasteiger partial charge in [0.1, 0.15) is 5.69 Å². The molecule has 1 aliphatic rings. The zero-order valence-electron chi connectivity index (χ0n) is 9.97. The van der Waals surface area contributed by atoms with Gasteiger partial charge in [0.2, 0.25) is 0 Å². The molecule has 1 radical (unpaired) electrons. The first-order valence-corrected chi connectivity index (χ1v) is 5.90. The number of aliphatic hydroxyl groups is 1. The van der Waals surface area contributed by atoms with Crippen LogP contribution in [0, 0.1) is 44.1 Å².